The van der Waals surface area contributed by atoms with Crippen LogP contribution in [0.25, 0.3) is 0 Å². The number of ether oxygens (including phenoxy) is 1. The molecule has 5 nitrogen and oxygen atoms in total. The maximum Gasteiger partial charge on any atom is 0.416 e. The van der Waals surface area contributed by atoms with Crippen molar-refractivity contribution in [3.05, 3.63) is 40.9 Å². The number of hydrogen-bond acceptors (Lipinski definition) is 4. The summed E-state index contributed by atoms with van der Waals surface area (Å²) < 4.78 is 44.8. The standard InChI is InChI=1S/C17H13ClF3NO4/c1-15-4-5-16(7-23,26-15)12-11(15)13(24)22(14(12)25)10-6-8(17(19,20)21)2-3-9(10)18/h2-6,11-12,23H,7H2,1H3/t11-,12+,15+,16-/m1/s1. The SMILES string of the molecule is C[C@@]12C=C[C@](CO)(O1)[C@@H]1C(=O)N(c3cc(C(F)(F)F)ccc3Cl)C(=O)[C@@H]12. The number of aliphatic hydroxyl groups excluding tert-OH is 1. The van der Waals surface area contributed by atoms with Gasteiger partial charge in [0.05, 0.1) is 40.3 Å². The van der Waals surface area contributed by atoms with Gasteiger partial charge < -0.3 is 9.84 Å². The van der Waals surface area contributed by atoms with Crippen LogP contribution in [-0.4, -0.2) is 34.7 Å². The third-order valence-electron chi connectivity index (χ3n) is 5.32. The van der Waals surface area contributed by atoms with Crippen molar-refractivity contribution in [2.75, 3.05) is 11.5 Å². The number of carbonyl (C=O) groups excluding carboxylic acids is 2. The number of hydrogen-bond donors (Lipinski definition) is 1. The van der Waals surface area contributed by atoms with Crippen molar-refractivity contribution >= 4 is 29.1 Å². The largest absolute Gasteiger partial charge is 0.416 e. The molecule has 0 unspecified atom stereocenters. The fourth-order valence-electron chi connectivity index (χ4n) is 4.14. The van der Waals surface area contributed by atoms with E-state index in [1.54, 1.807) is 13.0 Å². The molecule has 4 rings (SSSR count). The van der Waals surface area contributed by atoms with Gasteiger partial charge in [-0.15, -0.1) is 0 Å². The number of halogens is 4. The Morgan fingerprint density at radius 3 is 2.50 bits per heavy atom. The maximum absolute atomic E-state index is 13.0. The summed E-state index contributed by atoms with van der Waals surface area (Å²) in [4.78, 5) is 26.6. The highest BCUT2D eigenvalue weighted by atomic mass is 35.5. The average molecular weight is 388 g/mol. The second kappa shape index (κ2) is 5.09. The van der Waals surface area contributed by atoms with Gasteiger partial charge in [0, 0.05) is 0 Å². The number of nitrogens with zero attached hydrogens (tertiary/aromatic N) is 1. The molecule has 0 spiro atoms. The molecule has 2 amide bonds. The summed E-state index contributed by atoms with van der Waals surface area (Å²) in [6.07, 6.45) is -1.51. The molecular weight excluding hydrogens is 375 g/mol. The first-order valence-electron chi connectivity index (χ1n) is 7.80. The number of benzene rings is 1. The van der Waals surface area contributed by atoms with Crippen molar-refractivity contribution in [1.82, 2.24) is 0 Å². The molecule has 3 aliphatic rings. The van der Waals surface area contributed by atoms with Gasteiger partial charge in [-0.05, 0) is 25.1 Å². The molecule has 0 aromatic heterocycles. The summed E-state index contributed by atoms with van der Waals surface area (Å²) in [5, 5.41) is 9.59. The normalized spacial score (nSPS) is 35.5. The Bertz CT molecular complexity index is 870. The minimum atomic E-state index is -4.65. The van der Waals surface area contributed by atoms with Gasteiger partial charge in [0.25, 0.3) is 0 Å². The minimum absolute atomic E-state index is 0.149. The second-order valence-corrected chi connectivity index (χ2v) is 7.27. The van der Waals surface area contributed by atoms with Crippen LogP contribution in [-0.2, 0) is 20.5 Å². The van der Waals surface area contributed by atoms with E-state index in [4.69, 9.17) is 16.3 Å². The molecular formula is C17H13ClF3NO4. The van der Waals surface area contributed by atoms with Crippen molar-refractivity contribution in [1.29, 1.82) is 0 Å². The Kier molecular flexibility index (Phi) is 3.43. The fourth-order valence-corrected chi connectivity index (χ4v) is 4.34. The summed E-state index contributed by atoms with van der Waals surface area (Å²) in [5.41, 5.74) is -3.80. The highest BCUT2D eigenvalue weighted by molar-refractivity contribution is 6.36. The first-order chi connectivity index (χ1) is 12.0. The molecule has 4 atom stereocenters. The zero-order valence-electron chi connectivity index (χ0n) is 13.4. The van der Waals surface area contributed by atoms with Gasteiger partial charge in [0.2, 0.25) is 11.8 Å². The number of carbonyl (C=O) groups is 2. The van der Waals surface area contributed by atoms with Crippen molar-refractivity contribution < 1.29 is 32.6 Å². The van der Waals surface area contributed by atoms with E-state index in [9.17, 15) is 27.9 Å². The van der Waals surface area contributed by atoms with Gasteiger partial charge in [0.15, 0.2) is 0 Å². The number of imide groups is 1. The summed E-state index contributed by atoms with van der Waals surface area (Å²) in [6, 6.07) is 2.47. The van der Waals surface area contributed by atoms with Crippen molar-refractivity contribution in [3.8, 4) is 0 Å². The predicted octanol–water partition coefficient (Wildman–Crippen LogP) is 2.55. The van der Waals surface area contributed by atoms with E-state index in [0.717, 1.165) is 12.1 Å². The van der Waals surface area contributed by atoms with Gasteiger partial charge in [-0.1, -0.05) is 23.8 Å². The number of rotatable bonds is 2. The summed E-state index contributed by atoms with van der Waals surface area (Å²) >= 11 is 6.00. The smallest absolute Gasteiger partial charge is 0.393 e. The molecule has 3 aliphatic heterocycles. The summed E-state index contributed by atoms with van der Waals surface area (Å²) in [5.74, 6) is -3.37. The monoisotopic (exact) mass is 387 g/mol. The van der Waals surface area contributed by atoms with Crippen LogP contribution < -0.4 is 4.90 Å². The zero-order chi connectivity index (χ0) is 19.1. The molecule has 9 heteroatoms. The van der Waals surface area contributed by atoms with E-state index in [-0.39, 0.29) is 10.7 Å². The number of alkyl halides is 3. The lowest BCUT2D eigenvalue weighted by Crippen LogP contribution is -2.43. The molecule has 1 N–H and O–H groups in total. The lowest BCUT2D eigenvalue weighted by Gasteiger charge is -2.27. The fraction of sp³-hybridized carbons (Fsp3) is 0.412. The van der Waals surface area contributed by atoms with Crippen molar-refractivity contribution in [3.63, 3.8) is 0 Å². The Morgan fingerprint density at radius 1 is 1.23 bits per heavy atom. The van der Waals surface area contributed by atoms with Gasteiger partial charge in [-0.3, -0.25) is 9.59 Å². The lowest BCUT2D eigenvalue weighted by molar-refractivity contribution is -0.138. The van der Waals surface area contributed by atoms with Crippen LogP contribution >= 0.6 is 11.6 Å². The molecule has 138 valence electrons. The van der Waals surface area contributed by atoms with Crippen molar-refractivity contribution in [2.45, 2.75) is 24.3 Å². The van der Waals surface area contributed by atoms with E-state index in [1.165, 1.54) is 6.08 Å². The van der Waals surface area contributed by atoms with Gasteiger partial charge >= 0.3 is 6.18 Å². The summed E-state index contributed by atoms with van der Waals surface area (Å²) in [7, 11) is 0. The first kappa shape index (κ1) is 17.5. The van der Waals surface area contributed by atoms with E-state index in [2.05, 4.69) is 0 Å². The van der Waals surface area contributed by atoms with Crippen LogP contribution in [0, 0.1) is 11.8 Å². The Morgan fingerprint density at radius 2 is 1.88 bits per heavy atom. The van der Waals surface area contributed by atoms with Crippen LogP contribution in [0.5, 0.6) is 0 Å². The predicted molar refractivity (Wildman–Crippen MR) is 84.4 cm³/mol. The van der Waals surface area contributed by atoms with Crippen LogP contribution in [0.3, 0.4) is 0 Å². The van der Waals surface area contributed by atoms with Crippen molar-refractivity contribution in [2.24, 2.45) is 11.8 Å². The average Bonchev–Trinajstić information content (AvgIpc) is 3.13. The third-order valence-corrected chi connectivity index (χ3v) is 5.64. The zero-order valence-corrected chi connectivity index (χ0v) is 14.1. The quantitative estimate of drug-likeness (QED) is 0.625. The highest BCUT2D eigenvalue weighted by Gasteiger charge is 2.72. The summed E-state index contributed by atoms with van der Waals surface area (Å²) in [6.45, 7) is 1.08. The minimum Gasteiger partial charge on any atom is -0.393 e. The number of fused-ring (bicyclic) bond motifs is 5. The number of anilines is 1. The first-order valence-corrected chi connectivity index (χ1v) is 8.18. The van der Waals surface area contributed by atoms with Crippen LogP contribution in [0.2, 0.25) is 5.02 Å². The molecule has 1 aromatic rings. The van der Waals surface area contributed by atoms with Crippen LogP contribution in [0.1, 0.15) is 12.5 Å². The van der Waals surface area contributed by atoms with E-state index in [1.807, 2.05) is 0 Å². The van der Waals surface area contributed by atoms with Gasteiger partial charge in [-0.2, -0.15) is 13.2 Å². The third kappa shape index (κ3) is 2.06. The van der Waals surface area contributed by atoms with Gasteiger partial charge in [0.1, 0.15) is 5.60 Å². The Labute approximate surface area is 151 Å². The Balaban J connectivity index is 1.82. The lowest BCUT2D eigenvalue weighted by atomic mass is 9.73. The molecule has 3 heterocycles. The highest BCUT2D eigenvalue weighted by Crippen LogP contribution is 2.58. The van der Waals surface area contributed by atoms with E-state index >= 15 is 0 Å². The van der Waals surface area contributed by atoms with Crippen LogP contribution in [0.15, 0.2) is 30.4 Å². The second-order valence-electron chi connectivity index (χ2n) is 6.86. The molecule has 0 aliphatic carbocycles. The molecule has 1 aromatic carbocycles. The topological polar surface area (TPSA) is 66.8 Å². The van der Waals surface area contributed by atoms with E-state index < -0.39 is 53.2 Å². The maximum atomic E-state index is 13.0. The number of amides is 2. The van der Waals surface area contributed by atoms with E-state index in [0.29, 0.717) is 11.0 Å². The van der Waals surface area contributed by atoms with Gasteiger partial charge in [-0.25, -0.2) is 4.90 Å². The van der Waals surface area contributed by atoms with Crippen LogP contribution in [0.4, 0.5) is 18.9 Å². The molecule has 0 radical (unpaired) electrons. The molecule has 2 fully saturated rings. The molecule has 0 saturated carbocycles. The molecule has 2 saturated heterocycles. The molecule has 2 bridgehead atoms. The molecule has 26 heavy (non-hydrogen) atoms. The Hall–Kier alpha value is -1.90. The number of aliphatic hydroxyl groups is 1.